The Morgan fingerprint density at radius 3 is 2.50 bits per heavy atom. The Kier molecular flexibility index (Phi) is 5.07. The number of carbonyl (C=O) groups excluding carboxylic acids is 1. The van der Waals surface area contributed by atoms with E-state index in [0.717, 1.165) is 5.56 Å². The third-order valence-corrected chi connectivity index (χ3v) is 3.98. The summed E-state index contributed by atoms with van der Waals surface area (Å²) in [5.74, 6) is -0.229. The van der Waals surface area contributed by atoms with Gasteiger partial charge in [0.15, 0.2) is 11.9 Å². The summed E-state index contributed by atoms with van der Waals surface area (Å²) in [5, 5.41) is 0.398. The number of ether oxygens (including phenoxy) is 2. The topological polar surface area (TPSA) is 65.7 Å². The first-order valence-electron chi connectivity index (χ1n) is 8.47. The number of hydrogen-bond donors (Lipinski definition) is 0. The first-order chi connectivity index (χ1) is 12.5. The summed E-state index contributed by atoms with van der Waals surface area (Å²) in [4.78, 5) is 24.9. The highest BCUT2D eigenvalue weighted by Gasteiger charge is 2.23. The van der Waals surface area contributed by atoms with Crippen molar-refractivity contribution in [2.75, 3.05) is 6.61 Å². The van der Waals surface area contributed by atoms with Crippen LogP contribution in [0.15, 0.2) is 57.7 Å². The summed E-state index contributed by atoms with van der Waals surface area (Å²) in [6.45, 7) is 5.47. The van der Waals surface area contributed by atoms with E-state index in [-0.39, 0.29) is 17.8 Å². The molecule has 0 radical (unpaired) electrons. The van der Waals surface area contributed by atoms with Gasteiger partial charge >= 0.3 is 5.97 Å². The molecule has 1 atom stereocenters. The molecule has 3 rings (SSSR count). The molecule has 0 N–H and O–H groups in total. The van der Waals surface area contributed by atoms with Crippen molar-refractivity contribution >= 4 is 16.9 Å². The quantitative estimate of drug-likeness (QED) is 0.647. The summed E-state index contributed by atoms with van der Waals surface area (Å²) in [6.07, 6.45) is -0.928. The van der Waals surface area contributed by atoms with E-state index >= 15 is 0 Å². The van der Waals surface area contributed by atoms with E-state index in [2.05, 4.69) is 0 Å². The first kappa shape index (κ1) is 17.7. The lowest BCUT2D eigenvalue weighted by Crippen LogP contribution is -2.28. The number of esters is 1. The van der Waals surface area contributed by atoms with Crippen molar-refractivity contribution < 1.29 is 18.7 Å². The molecule has 0 unspecified atom stereocenters. The molecule has 0 fully saturated rings. The maximum absolute atomic E-state index is 13.0. The van der Waals surface area contributed by atoms with Crippen molar-refractivity contribution in [2.45, 2.75) is 26.9 Å². The van der Waals surface area contributed by atoms with Gasteiger partial charge in [-0.05, 0) is 32.9 Å². The minimum absolute atomic E-state index is 0.00751. The summed E-state index contributed by atoms with van der Waals surface area (Å²) in [5.41, 5.74) is 1.92. The number of fused-ring (bicyclic) bond motifs is 1. The molecule has 0 bridgehead atoms. The summed E-state index contributed by atoms with van der Waals surface area (Å²) in [7, 11) is 0. The fourth-order valence-electron chi connectivity index (χ4n) is 2.61. The van der Waals surface area contributed by atoms with E-state index in [1.54, 1.807) is 38.1 Å². The van der Waals surface area contributed by atoms with Crippen LogP contribution in [0.3, 0.4) is 0 Å². The van der Waals surface area contributed by atoms with Gasteiger partial charge in [-0.3, -0.25) is 4.79 Å². The monoisotopic (exact) mass is 352 g/mol. The van der Waals surface area contributed by atoms with Gasteiger partial charge in [0.05, 0.1) is 12.0 Å². The molecule has 0 aliphatic carbocycles. The Bertz CT molecular complexity index is 985. The van der Waals surface area contributed by atoms with Crippen LogP contribution in [0.5, 0.6) is 5.75 Å². The van der Waals surface area contributed by atoms with Gasteiger partial charge in [-0.1, -0.05) is 42.0 Å². The zero-order valence-corrected chi connectivity index (χ0v) is 14.9. The average Bonchev–Trinajstić information content (AvgIpc) is 2.64. The summed E-state index contributed by atoms with van der Waals surface area (Å²) in [6, 6.07) is 14.5. The van der Waals surface area contributed by atoms with E-state index in [0.29, 0.717) is 22.3 Å². The van der Waals surface area contributed by atoms with Crippen LogP contribution in [0.2, 0.25) is 0 Å². The molecule has 0 aliphatic heterocycles. The fraction of sp³-hybridized carbons (Fsp3) is 0.238. The molecule has 134 valence electrons. The van der Waals surface area contributed by atoms with Crippen LogP contribution in [-0.4, -0.2) is 18.7 Å². The maximum atomic E-state index is 13.0. The van der Waals surface area contributed by atoms with Gasteiger partial charge in [0.1, 0.15) is 5.58 Å². The van der Waals surface area contributed by atoms with Crippen LogP contribution in [-0.2, 0) is 9.53 Å². The number of para-hydroxylation sites is 1. The molecule has 1 aromatic heterocycles. The molecule has 0 aliphatic rings. The zero-order valence-electron chi connectivity index (χ0n) is 14.9. The average molecular weight is 352 g/mol. The molecular weight excluding hydrogens is 332 g/mol. The number of aryl methyl sites for hydroxylation is 1. The van der Waals surface area contributed by atoms with Crippen LogP contribution in [0, 0.1) is 6.92 Å². The molecule has 0 spiro atoms. The molecule has 3 aromatic rings. The smallest absolute Gasteiger partial charge is 0.347 e. The van der Waals surface area contributed by atoms with Crippen LogP contribution in [0.25, 0.3) is 22.3 Å². The minimum atomic E-state index is -0.928. The van der Waals surface area contributed by atoms with Gasteiger partial charge in [-0.15, -0.1) is 0 Å². The molecule has 0 amide bonds. The van der Waals surface area contributed by atoms with Gasteiger partial charge in [0.25, 0.3) is 0 Å². The lowest BCUT2D eigenvalue weighted by Gasteiger charge is -2.16. The molecule has 5 heteroatoms. The Balaban J connectivity index is 2.16. The molecule has 1 heterocycles. The highest BCUT2D eigenvalue weighted by Crippen LogP contribution is 2.31. The lowest BCUT2D eigenvalue weighted by molar-refractivity contribution is -0.150. The SMILES string of the molecule is CCOC(=O)[C@@H](C)Oc1c(-c2ccc(C)cc2)oc2ccccc2c1=O. The fourth-order valence-corrected chi connectivity index (χ4v) is 2.61. The normalized spacial score (nSPS) is 12.0. The zero-order chi connectivity index (χ0) is 18.7. The number of hydrogen-bond acceptors (Lipinski definition) is 5. The molecule has 0 saturated carbocycles. The Hall–Kier alpha value is -3.08. The number of benzene rings is 2. The Labute approximate surface area is 151 Å². The highest BCUT2D eigenvalue weighted by molar-refractivity contribution is 5.82. The van der Waals surface area contributed by atoms with Crippen molar-refractivity contribution in [1.82, 2.24) is 0 Å². The van der Waals surface area contributed by atoms with E-state index in [1.807, 2.05) is 31.2 Å². The van der Waals surface area contributed by atoms with Crippen molar-refractivity contribution in [3.05, 3.63) is 64.3 Å². The van der Waals surface area contributed by atoms with Gasteiger partial charge in [0, 0.05) is 5.56 Å². The standard InChI is InChI=1S/C21H20O5/c1-4-24-21(23)14(3)25-20-18(22)16-7-5-6-8-17(16)26-19(20)15-11-9-13(2)10-12-15/h5-12,14H,4H2,1-3H3/t14-/m1/s1. The Morgan fingerprint density at radius 1 is 1.12 bits per heavy atom. The predicted octanol–water partition coefficient (Wildman–Crippen LogP) is 4.10. The second-order valence-electron chi connectivity index (χ2n) is 5.96. The highest BCUT2D eigenvalue weighted by atomic mass is 16.6. The van der Waals surface area contributed by atoms with E-state index in [9.17, 15) is 9.59 Å². The number of carbonyl (C=O) groups is 1. The molecule has 5 nitrogen and oxygen atoms in total. The van der Waals surface area contributed by atoms with Crippen LogP contribution in [0.1, 0.15) is 19.4 Å². The van der Waals surface area contributed by atoms with Crippen molar-refractivity contribution in [3.63, 3.8) is 0 Å². The largest absolute Gasteiger partial charge is 0.471 e. The predicted molar refractivity (Wildman–Crippen MR) is 99.4 cm³/mol. The van der Waals surface area contributed by atoms with Gasteiger partial charge in [0.2, 0.25) is 11.2 Å². The maximum Gasteiger partial charge on any atom is 0.347 e. The van der Waals surface area contributed by atoms with Crippen LogP contribution >= 0.6 is 0 Å². The lowest BCUT2D eigenvalue weighted by atomic mass is 10.1. The van der Waals surface area contributed by atoms with Crippen LogP contribution in [0.4, 0.5) is 0 Å². The van der Waals surface area contributed by atoms with Crippen molar-refractivity contribution in [3.8, 4) is 17.1 Å². The van der Waals surface area contributed by atoms with Crippen molar-refractivity contribution in [2.24, 2.45) is 0 Å². The van der Waals surface area contributed by atoms with E-state index in [4.69, 9.17) is 13.9 Å². The number of rotatable bonds is 5. The van der Waals surface area contributed by atoms with Gasteiger partial charge in [-0.2, -0.15) is 0 Å². The molecular formula is C21H20O5. The van der Waals surface area contributed by atoms with Gasteiger partial charge in [-0.25, -0.2) is 4.79 Å². The van der Waals surface area contributed by atoms with Gasteiger partial charge < -0.3 is 13.9 Å². The van der Waals surface area contributed by atoms with Crippen molar-refractivity contribution in [1.29, 1.82) is 0 Å². The second kappa shape index (κ2) is 7.44. The van der Waals surface area contributed by atoms with Crippen LogP contribution < -0.4 is 10.2 Å². The summed E-state index contributed by atoms with van der Waals surface area (Å²) < 4.78 is 16.6. The molecule has 26 heavy (non-hydrogen) atoms. The van der Waals surface area contributed by atoms with E-state index < -0.39 is 12.1 Å². The minimum Gasteiger partial charge on any atom is -0.471 e. The molecule has 2 aromatic carbocycles. The first-order valence-corrected chi connectivity index (χ1v) is 8.47. The summed E-state index contributed by atoms with van der Waals surface area (Å²) >= 11 is 0. The third-order valence-electron chi connectivity index (χ3n) is 3.98. The third kappa shape index (κ3) is 3.47. The second-order valence-corrected chi connectivity index (χ2v) is 5.96. The molecule has 0 saturated heterocycles. The van der Waals surface area contributed by atoms with E-state index in [1.165, 1.54) is 0 Å². The Morgan fingerprint density at radius 2 is 1.81 bits per heavy atom.